The van der Waals surface area contributed by atoms with E-state index in [1.54, 1.807) is 6.07 Å². The van der Waals surface area contributed by atoms with Gasteiger partial charge < -0.3 is 5.32 Å². The van der Waals surface area contributed by atoms with Gasteiger partial charge in [0.15, 0.2) is 0 Å². The number of carbonyl (C=O) groups excluding carboxylic acids is 1. The molecule has 1 aromatic carbocycles. The smallest absolute Gasteiger partial charge is 0.244 e. The maximum atomic E-state index is 13.6. The van der Waals surface area contributed by atoms with Crippen molar-refractivity contribution >= 4 is 23.6 Å². The fraction of sp³-hybridized carbons (Fsp3) is 0.471. The highest BCUT2D eigenvalue weighted by Gasteiger charge is 2.17. The zero-order valence-corrected chi connectivity index (χ0v) is 13.7. The van der Waals surface area contributed by atoms with Crippen LogP contribution < -0.4 is 5.32 Å². The summed E-state index contributed by atoms with van der Waals surface area (Å²) in [7, 11) is 0. The molecule has 1 aromatic rings. The third kappa shape index (κ3) is 5.50. The van der Waals surface area contributed by atoms with Gasteiger partial charge in [-0.2, -0.15) is 0 Å². The van der Waals surface area contributed by atoms with Gasteiger partial charge in [0.1, 0.15) is 5.82 Å². The van der Waals surface area contributed by atoms with Crippen molar-refractivity contribution in [1.82, 2.24) is 5.32 Å². The van der Waals surface area contributed by atoms with Crippen LogP contribution in [0.3, 0.4) is 0 Å². The molecule has 116 valence electrons. The Balaban J connectivity index is 2.63. The van der Waals surface area contributed by atoms with Crippen LogP contribution in [0.5, 0.6) is 0 Å². The molecule has 0 fully saturated rings. The van der Waals surface area contributed by atoms with Gasteiger partial charge >= 0.3 is 0 Å². The van der Waals surface area contributed by atoms with Gasteiger partial charge in [-0.1, -0.05) is 45.4 Å². The lowest BCUT2D eigenvalue weighted by atomic mass is 9.85. The van der Waals surface area contributed by atoms with E-state index in [2.05, 4.69) is 33.0 Å². The summed E-state index contributed by atoms with van der Waals surface area (Å²) in [4.78, 5) is 11.8. The average Bonchev–Trinajstić information content (AvgIpc) is 2.37. The van der Waals surface area contributed by atoms with Crippen LogP contribution >= 0.6 is 11.6 Å². The number of hydrogen-bond acceptors (Lipinski definition) is 1. The number of nitrogens with one attached hydrogen (secondary N) is 1. The standard InChI is InChI=1S/C17H23ClFNO/c1-11(2)14(12(3)4)10-20-17(21)9-8-13-15(18)6-5-7-16(13)19/h5-9,11-12,14H,10H2,1-4H3,(H,20,21)/b9-8+. The number of hydrogen-bond donors (Lipinski definition) is 1. The van der Waals surface area contributed by atoms with Crippen LogP contribution in [0.25, 0.3) is 6.08 Å². The van der Waals surface area contributed by atoms with Gasteiger partial charge in [0.25, 0.3) is 0 Å². The molecule has 0 saturated carbocycles. The number of halogens is 2. The van der Waals surface area contributed by atoms with Crippen LogP contribution in [0, 0.1) is 23.6 Å². The van der Waals surface area contributed by atoms with Crippen LogP contribution in [0.2, 0.25) is 5.02 Å². The van der Waals surface area contributed by atoms with Gasteiger partial charge in [-0.15, -0.1) is 0 Å². The van der Waals surface area contributed by atoms with Crippen molar-refractivity contribution in [1.29, 1.82) is 0 Å². The van der Waals surface area contributed by atoms with Gasteiger partial charge in [-0.3, -0.25) is 4.79 Å². The minimum absolute atomic E-state index is 0.235. The van der Waals surface area contributed by atoms with E-state index in [-0.39, 0.29) is 11.5 Å². The summed E-state index contributed by atoms with van der Waals surface area (Å²) < 4.78 is 13.6. The molecule has 0 aromatic heterocycles. The van der Waals surface area contributed by atoms with Crippen LogP contribution in [0.1, 0.15) is 33.3 Å². The Labute approximate surface area is 131 Å². The van der Waals surface area contributed by atoms with E-state index in [0.717, 1.165) is 0 Å². The van der Waals surface area contributed by atoms with E-state index in [0.29, 0.717) is 29.3 Å². The predicted octanol–water partition coefficient (Wildman–Crippen LogP) is 4.54. The van der Waals surface area contributed by atoms with Gasteiger partial charge in [-0.25, -0.2) is 4.39 Å². The zero-order valence-electron chi connectivity index (χ0n) is 13.0. The molecule has 0 aliphatic carbocycles. The van der Waals surface area contributed by atoms with E-state index >= 15 is 0 Å². The van der Waals surface area contributed by atoms with E-state index in [1.165, 1.54) is 24.3 Å². The number of amides is 1. The van der Waals surface area contributed by atoms with E-state index < -0.39 is 5.82 Å². The first-order valence-electron chi connectivity index (χ1n) is 7.22. The Kier molecular flexibility index (Phi) is 6.90. The predicted molar refractivity (Wildman–Crippen MR) is 86.6 cm³/mol. The average molecular weight is 312 g/mol. The fourth-order valence-electron chi connectivity index (χ4n) is 2.35. The Morgan fingerprint density at radius 1 is 1.29 bits per heavy atom. The summed E-state index contributed by atoms with van der Waals surface area (Å²) in [5, 5.41) is 3.16. The van der Waals surface area contributed by atoms with Crippen molar-refractivity contribution in [3.63, 3.8) is 0 Å². The molecule has 0 radical (unpaired) electrons. The van der Waals surface area contributed by atoms with E-state index in [1.807, 2.05) is 0 Å². The second-order valence-corrected chi connectivity index (χ2v) is 6.27. The van der Waals surface area contributed by atoms with E-state index in [4.69, 9.17) is 11.6 Å². The minimum atomic E-state index is -0.436. The van der Waals surface area contributed by atoms with Gasteiger partial charge in [0.2, 0.25) is 5.91 Å². The molecule has 0 spiro atoms. The largest absolute Gasteiger partial charge is 0.352 e. The topological polar surface area (TPSA) is 29.1 Å². The molecule has 0 unspecified atom stereocenters. The lowest BCUT2D eigenvalue weighted by molar-refractivity contribution is -0.116. The highest BCUT2D eigenvalue weighted by Crippen LogP contribution is 2.21. The highest BCUT2D eigenvalue weighted by atomic mass is 35.5. The van der Waals surface area contributed by atoms with Crippen molar-refractivity contribution < 1.29 is 9.18 Å². The highest BCUT2D eigenvalue weighted by molar-refractivity contribution is 6.32. The molecule has 1 rings (SSSR count). The molecular weight excluding hydrogens is 289 g/mol. The normalized spacial score (nSPS) is 11.9. The summed E-state index contributed by atoms with van der Waals surface area (Å²) in [6.07, 6.45) is 2.73. The summed E-state index contributed by atoms with van der Waals surface area (Å²) in [6, 6.07) is 4.44. The second-order valence-electron chi connectivity index (χ2n) is 5.87. The summed E-state index contributed by atoms with van der Waals surface area (Å²) in [5.74, 6) is 0.736. The third-order valence-electron chi connectivity index (χ3n) is 3.63. The maximum Gasteiger partial charge on any atom is 0.244 e. The minimum Gasteiger partial charge on any atom is -0.352 e. The molecule has 0 aliphatic rings. The third-order valence-corrected chi connectivity index (χ3v) is 3.96. The van der Waals surface area contributed by atoms with Gasteiger partial charge in [0, 0.05) is 18.2 Å². The molecule has 0 aliphatic heterocycles. The number of benzene rings is 1. The fourth-order valence-corrected chi connectivity index (χ4v) is 2.57. The molecule has 0 atom stereocenters. The lowest BCUT2D eigenvalue weighted by Crippen LogP contribution is -2.32. The maximum absolute atomic E-state index is 13.6. The van der Waals surface area contributed by atoms with Crippen LogP contribution in [-0.4, -0.2) is 12.5 Å². The molecule has 1 amide bonds. The molecule has 4 heteroatoms. The SMILES string of the molecule is CC(C)C(CNC(=O)/C=C/c1c(F)cccc1Cl)C(C)C. The van der Waals surface area contributed by atoms with Crippen LogP contribution in [0.15, 0.2) is 24.3 Å². The zero-order chi connectivity index (χ0) is 16.0. The molecule has 0 saturated heterocycles. The van der Waals surface area contributed by atoms with Crippen LogP contribution in [-0.2, 0) is 4.79 Å². The molecule has 2 nitrogen and oxygen atoms in total. The van der Waals surface area contributed by atoms with Crippen molar-refractivity contribution in [2.45, 2.75) is 27.7 Å². The Bertz CT molecular complexity index is 483. The molecule has 1 N–H and O–H groups in total. The van der Waals surface area contributed by atoms with Crippen molar-refractivity contribution in [2.75, 3.05) is 6.54 Å². The lowest BCUT2D eigenvalue weighted by Gasteiger charge is -2.24. The Morgan fingerprint density at radius 2 is 1.90 bits per heavy atom. The molecular formula is C17H23ClFNO. The second kappa shape index (κ2) is 8.18. The first-order valence-corrected chi connectivity index (χ1v) is 7.60. The Hall–Kier alpha value is -1.35. The van der Waals surface area contributed by atoms with Crippen molar-refractivity contribution in [3.05, 3.63) is 40.7 Å². The summed E-state index contributed by atoms with van der Waals surface area (Å²) in [6.45, 7) is 9.19. The number of rotatable bonds is 6. The first kappa shape index (κ1) is 17.7. The Morgan fingerprint density at radius 3 is 2.43 bits per heavy atom. The summed E-state index contributed by atoms with van der Waals surface area (Å²) in [5.41, 5.74) is 0.235. The molecule has 0 bridgehead atoms. The van der Waals surface area contributed by atoms with Crippen molar-refractivity contribution in [2.24, 2.45) is 17.8 Å². The van der Waals surface area contributed by atoms with Crippen LogP contribution in [0.4, 0.5) is 4.39 Å². The first-order chi connectivity index (χ1) is 9.82. The quantitative estimate of drug-likeness (QED) is 0.768. The molecule has 0 heterocycles. The monoisotopic (exact) mass is 311 g/mol. The summed E-state index contributed by atoms with van der Waals surface area (Å²) >= 11 is 5.90. The van der Waals surface area contributed by atoms with E-state index in [9.17, 15) is 9.18 Å². The molecule has 21 heavy (non-hydrogen) atoms. The number of carbonyl (C=O) groups is 1. The van der Waals surface area contributed by atoms with Crippen molar-refractivity contribution in [3.8, 4) is 0 Å². The van der Waals surface area contributed by atoms with Gasteiger partial charge in [-0.05, 0) is 36.0 Å². The van der Waals surface area contributed by atoms with Gasteiger partial charge in [0.05, 0.1) is 5.02 Å².